The average molecular weight is 249 g/mol. The van der Waals surface area contributed by atoms with Crippen molar-refractivity contribution in [2.24, 2.45) is 17.6 Å². The van der Waals surface area contributed by atoms with Crippen LogP contribution in [0.25, 0.3) is 0 Å². The van der Waals surface area contributed by atoms with Gasteiger partial charge in [-0.3, -0.25) is 0 Å². The third-order valence-electron chi connectivity index (χ3n) is 2.78. The third kappa shape index (κ3) is 4.30. The maximum atomic E-state index is 6.05. The summed E-state index contributed by atoms with van der Waals surface area (Å²) in [6, 6.07) is 4.07. The predicted octanol–water partition coefficient (Wildman–Crippen LogP) is 3.22. The number of pyridine rings is 1. The zero-order valence-electron chi connectivity index (χ0n) is 12.4. The van der Waals surface area contributed by atoms with Crippen LogP contribution in [0.3, 0.4) is 0 Å². The van der Waals surface area contributed by atoms with Gasteiger partial charge in [-0.2, -0.15) is 0 Å². The van der Waals surface area contributed by atoms with Crippen LogP contribution in [-0.4, -0.2) is 18.1 Å². The van der Waals surface area contributed by atoms with E-state index in [0.717, 1.165) is 24.5 Å². The normalized spacial score (nSPS) is 13.1. The Morgan fingerprint density at radius 3 is 2.11 bits per heavy atom. The molecule has 0 aromatic carbocycles. The molecule has 0 unspecified atom stereocenters. The molecular formula is C15H27N3. The van der Waals surface area contributed by atoms with Crippen molar-refractivity contribution in [3.63, 3.8) is 0 Å². The lowest BCUT2D eigenvalue weighted by Gasteiger charge is -2.29. The van der Waals surface area contributed by atoms with Crippen LogP contribution in [0.5, 0.6) is 0 Å². The number of rotatable bonds is 6. The van der Waals surface area contributed by atoms with Crippen LogP contribution >= 0.6 is 0 Å². The van der Waals surface area contributed by atoms with Gasteiger partial charge in [-0.25, -0.2) is 4.98 Å². The van der Waals surface area contributed by atoms with E-state index >= 15 is 0 Å². The molecule has 0 aliphatic carbocycles. The molecule has 0 spiro atoms. The van der Waals surface area contributed by atoms with E-state index in [4.69, 9.17) is 5.73 Å². The summed E-state index contributed by atoms with van der Waals surface area (Å²) in [5, 5.41) is 0. The van der Waals surface area contributed by atoms with E-state index in [-0.39, 0.29) is 6.04 Å². The molecule has 3 heteroatoms. The Morgan fingerprint density at radius 1 is 1.11 bits per heavy atom. The second-order valence-corrected chi connectivity index (χ2v) is 5.90. The summed E-state index contributed by atoms with van der Waals surface area (Å²) < 4.78 is 0. The van der Waals surface area contributed by atoms with Gasteiger partial charge in [0.1, 0.15) is 5.82 Å². The van der Waals surface area contributed by atoms with Crippen molar-refractivity contribution in [3.05, 3.63) is 23.9 Å². The molecule has 0 radical (unpaired) electrons. The highest BCUT2D eigenvalue weighted by Crippen LogP contribution is 2.24. The maximum Gasteiger partial charge on any atom is 0.133 e. The molecule has 0 aliphatic heterocycles. The summed E-state index contributed by atoms with van der Waals surface area (Å²) in [5.41, 5.74) is 7.19. The minimum Gasteiger partial charge on any atom is -0.356 e. The van der Waals surface area contributed by atoms with E-state index in [1.165, 1.54) is 0 Å². The largest absolute Gasteiger partial charge is 0.356 e. The van der Waals surface area contributed by atoms with Gasteiger partial charge in [0.15, 0.2) is 0 Å². The first kappa shape index (κ1) is 15.0. The fourth-order valence-electron chi connectivity index (χ4n) is 2.16. The van der Waals surface area contributed by atoms with E-state index in [1.54, 1.807) is 0 Å². The van der Waals surface area contributed by atoms with Crippen molar-refractivity contribution in [3.8, 4) is 0 Å². The summed E-state index contributed by atoms with van der Waals surface area (Å²) in [7, 11) is 0. The van der Waals surface area contributed by atoms with Crippen molar-refractivity contribution in [1.82, 2.24) is 4.98 Å². The summed E-state index contributed by atoms with van der Waals surface area (Å²) in [4.78, 5) is 6.92. The van der Waals surface area contributed by atoms with Gasteiger partial charge in [0, 0.05) is 30.9 Å². The molecule has 102 valence electrons. The van der Waals surface area contributed by atoms with Crippen LogP contribution in [0.4, 0.5) is 5.82 Å². The first-order valence-corrected chi connectivity index (χ1v) is 6.87. The smallest absolute Gasteiger partial charge is 0.133 e. The summed E-state index contributed by atoms with van der Waals surface area (Å²) in [6.45, 7) is 13.0. The molecular weight excluding hydrogens is 222 g/mol. The fourth-order valence-corrected chi connectivity index (χ4v) is 2.16. The molecule has 0 fully saturated rings. The monoisotopic (exact) mass is 249 g/mol. The Balaban J connectivity index is 3.03. The number of nitrogens with two attached hydrogens (primary N) is 1. The van der Waals surface area contributed by atoms with E-state index in [2.05, 4.69) is 43.6 Å². The Kier molecular flexibility index (Phi) is 5.60. The second kappa shape index (κ2) is 6.74. The van der Waals surface area contributed by atoms with Crippen LogP contribution in [0.2, 0.25) is 0 Å². The van der Waals surface area contributed by atoms with Gasteiger partial charge in [0.25, 0.3) is 0 Å². The zero-order chi connectivity index (χ0) is 13.7. The van der Waals surface area contributed by atoms with E-state index in [9.17, 15) is 0 Å². The lowest BCUT2D eigenvalue weighted by Crippen LogP contribution is -2.33. The van der Waals surface area contributed by atoms with Gasteiger partial charge in [-0.1, -0.05) is 33.8 Å². The van der Waals surface area contributed by atoms with Crippen molar-refractivity contribution in [1.29, 1.82) is 0 Å². The topological polar surface area (TPSA) is 42.2 Å². The van der Waals surface area contributed by atoms with Crippen molar-refractivity contribution in [2.45, 2.75) is 40.7 Å². The molecule has 2 N–H and O–H groups in total. The van der Waals surface area contributed by atoms with Gasteiger partial charge >= 0.3 is 0 Å². The van der Waals surface area contributed by atoms with E-state index in [1.807, 2.05) is 19.2 Å². The van der Waals surface area contributed by atoms with Crippen molar-refractivity contribution in [2.75, 3.05) is 18.0 Å². The third-order valence-corrected chi connectivity index (χ3v) is 2.78. The zero-order valence-corrected chi connectivity index (χ0v) is 12.4. The highest BCUT2D eigenvalue weighted by molar-refractivity contribution is 5.48. The quantitative estimate of drug-likeness (QED) is 0.841. The molecule has 1 aromatic heterocycles. The summed E-state index contributed by atoms with van der Waals surface area (Å²) in [6.07, 6.45) is 1.86. The predicted molar refractivity (Wildman–Crippen MR) is 78.7 cm³/mol. The van der Waals surface area contributed by atoms with E-state index < -0.39 is 0 Å². The molecule has 1 rings (SSSR count). The minimum atomic E-state index is 0.0236. The molecule has 0 aliphatic rings. The van der Waals surface area contributed by atoms with E-state index in [0.29, 0.717) is 11.8 Å². The highest BCUT2D eigenvalue weighted by Gasteiger charge is 2.16. The standard InChI is InChI=1S/C15H27N3/c1-11(2)9-18(10-12(3)4)15-14(13(5)16)7-6-8-17-15/h6-8,11-13H,9-10,16H2,1-5H3/t13-/m1/s1. The first-order valence-electron chi connectivity index (χ1n) is 6.87. The molecule has 0 bridgehead atoms. The second-order valence-electron chi connectivity index (χ2n) is 5.90. The van der Waals surface area contributed by atoms with Gasteiger partial charge in [0.05, 0.1) is 0 Å². The molecule has 3 nitrogen and oxygen atoms in total. The Hall–Kier alpha value is -1.09. The number of anilines is 1. The van der Waals surface area contributed by atoms with Gasteiger partial charge in [-0.05, 0) is 24.8 Å². The van der Waals surface area contributed by atoms with Crippen LogP contribution in [0, 0.1) is 11.8 Å². The first-order chi connectivity index (χ1) is 8.41. The molecule has 1 heterocycles. The SMILES string of the molecule is CC(C)CN(CC(C)C)c1ncccc1[C@@H](C)N. The molecule has 1 atom stereocenters. The van der Waals surface area contributed by atoms with Gasteiger partial charge in [-0.15, -0.1) is 0 Å². The molecule has 18 heavy (non-hydrogen) atoms. The van der Waals surface area contributed by atoms with Crippen molar-refractivity contribution >= 4 is 5.82 Å². The summed E-state index contributed by atoms with van der Waals surface area (Å²) in [5.74, 6) is 2.29. The summed E-state index contributed by atoms with van der Waals surface area (Å²) >= 11 is 0. The lowest BCUT2D eigenvalue weighted by atomic mass is 10.1. The Morgan fingerprint density at radius 2 is 1.67 bits per heavy atom. The number of hydrogen-bond donors (Lipinski definition) is 1. The van der Waals surface area contributed by atoms with Crippen molar-refractivity contribution < 1.29 is 0 Å². The number of aromatic nitrogens is 1. The van der Waals surface area contributed by atoms with Crippen LogP contribution in [0.15, 0.2) is 18.3 Å². The van der Waals surface area contributed by atoms with Crippen LogP contribution < -0.4 is 10.6 Å². The maximum absolute atomic E-state index is 6.05. The average Bonchev–Trinajstić information content (AvgIpc) is 2.26. The fraction of sp³-hybridized carbons (Fsp3) is 0.667. The molecule has 1 aromatic rings. The molecule has 0 saturated heterocycles. The Bertz CT molecular complexity index is 349. The molecule has 0 amide bonds. The lowest BCUT2D eigenvalue weighted by molar-refractivity contribution is 0.546. The Labute approximate surface area is 111 Å². The van der Waals surface area contributed by atoms with Gasteiger partial charge < -0.3 is 10.6 Å². The van der Waals surface area contributed by atoms with Crippen LogP contribution in [0.1, 0.15) is 46.2 Å². The number of hydrogen-bond acceptors (Lipinski definition) is 3. The minimum absolute atomic E-state index is 0.0236. The number of nitrogens with zero attached hydrogens (tertiary/aromatic N) is 2. The molecule has 0 saturated carbocycles. The van der Waals surface area contributed by atoms with Gasteiger partial charge in [0.2, 0.25) is 0 Å². The van der Waals surface area contributed by atoms with Crippen LogP contribution in [-0.2, 0) is 0 Å². The highest BCUT2D eigenvalue weighted by atomic mass is 15.2.